The Bertz CT molecular complexity index is 1080. The molecule has 0 fully saturated rings. The van der Waals surface area contributed by atoms with Gasteiger partial charge in [-0.25, -0.2) is 9.38 Å². The van der Waals surface area contributed by atoms with Crippen LogP contribution in [0.25, 0.3) is 11.3 Å². The lowest BCUT2D eigenvalue weighted by Gasteiger charge is -2.12. The molecule has 3 aromatic rings. The zero-order chi connectivity index (χ0) is 21.0. The van der Waals surface area contributed by atoms with Crippen molar-refractivity contribution in [3.63, 3.8) is 0 Å². The van der Waals surface area contributed by atoms with Gasteiger partial charge < -0.3 is 9.64 Å². The van der Waals surface area contributed by atoms with Gasteiger partial charge >= 0.3 is 0 Å². The zero-order valence-electron chi connectivity index (χ0n) is 16.7. The van der Waals surface area contributed by atoms with Crippen LogP contribution in [0.15, 0.2) is 41.4 Å². The highest BCUT2D eigenvalue weighted by molar-refractivity contribution is 7.08. The number of ether oxygens (including phenoxy) is 1. The van der Waals surface area contributed by atoms with Gasteiger partial charge in [-0.2, -0.15) is 9.64 Å². The first-order chi connectivity index (χ1) is 13.9. The Balaban J connectivity index is 1.91. The van der Waals surface area contributed by atoms with Crippen LogP contribution < -0.4 is 4.74 Å². The fourth-order valence-electron chi connectivity index (χ4n) is 2.61. The summed E-state index contributed by atoms with van der Waals surface area (Å²) in [6.45, 7) is 6.84. The zero-order valence-corrected chi connectivity index (χ0v) is 17.5. The van der Waals surface area contributed by atoms with Crippen LogP contribution in [0.1, 0.15) is 23.6 Å². The predicted molar refractivity (Wildman–Crippen MR) is 115 cm³/mol. The van der Waals surface area contributed by atoms with Crippen LogP contribution in [0.5, 0.6) is 10.8 Å². The van der Waals surface area contributed by atoms with Crippen LogP contribution in [-0.4, -0.2) is 29.2 Å². The first kappa shape index (κ1) is 20.5. The topological polar surface area (TPSA) is 61.5 Å². The van der Waals surface area contributed by atoms with Crippen molar-refractivity contribution in [1.82, 2.24) is 9.27 Å². The largest absolute Gasteiger partial charge is 0.443 e. The number of benzene rings is 2. The van der Waals surface area contributed by atoms with E-state index in [4.69, 9.17) is 4.74 Å². The van der Waals surface area contributed by atoms with E-state index in [9.17, 15) is 9.65 Å². The molecule has 1 aromatic heterocycles. The molecule has 0 aliphatic heterocycles. The summed E-state index contributed by atoms with van der Waals surface area (Å²) in [6.07, 6.45) is 1.80. The summed E-state index contributed by atoms with van der Waals surface area (Å²) in [7, 11) is 1.97. The maximum atomic E-state index is 13.2. The molecule has 0 unspecified atom stereocenters. The third-order valence-electron chi connectivity index (χ3n) is 4.48. The van der Waals surface area contributed by atoms with Crippen molar-refractivity contribution >= 4 is 23.6 Å². The van der Waals surface area contributed by atoms with Gasteiger partial charge in [0.1, 0.15) is 28.9 Å². The van der Waals surface area contributed by atoms with Crippen molar-refractivity contribution < 1.29 is 9.13 Å². The van der Waals surface area contributed by atoms with Crippen LogP contribution in [0, 0.1) is 31.0 Å². The van der Waals surface area contributed by atoms with E-state index in [0.29, 0.717) is 27.6 Å². The molecule has 0 aliphatic carbocycles. The minimum absolute atomic E-state index is 0.335. The first-order valence-corrected chi connectivity index (χ1v) is 9.89. The molecule has 0 spiro atoms. The number of aliphatic imine (C=N–C) groups is 1. The Morgan fingerprint density at radius 2 is 1.97 bits per heavy atom. The van der Waals surface area contributed by atoms with Crippen molar-refractivity contribution in [3.8, 4) is 28.1 Å². The van der Waals surface area contributed by atoms with Gasteiger partial charge in [-0.05, 0) is 68.3 Å². The molecule has 29 heavy (non-hydrogen) atoms. The molecule has 148 valence electrons. The van der Waals surface area contributed by atoms with E-state index in [-0.39, 0.29) is 5.82 Å². The molecule has 3 rings (SSSR count). The van der Waals surface area contributed by atoms with Crippen LogP contribution in [0.3, 0.4) is 0 Å². The molecule has 1 heterocycles. The van der Waals surface area contributed by atoms with Crippen molar-refractivity contribution in [2.75, 3.05) is 13.6 Å². The minimum atomic E-state index is -0.335. The maximum Gasteiger partial charge on any atom is 0.218 e. The summed E-state index contributed by atoms with van der Waals surface area (Å²) < 4.78 is 23.6. The fourth-order valence-corrected chi connectivity index (χ4v) is 3.35. The average molecular weight is 409 g/mol. The summed E-state index contributed by atoms with van der Waals surface area (Å²) in [5.74, 6) is 0.314. The monoisotopic (exact) mass is 408 g/mol. The third kappa shape index (κ3) is 4.61. The van der Waals surface area contributed by atoms with E-state index in [2.05, 4.69) is 22.4 Å². The summed E-state index contributed by atoms with van der Waals surface area (Å²) in [5.41, 5.74) is 4.24. The molecule has 0 aliphatic rings. The molecule has 2 aromatic carbocycles. The summed E-state index contributed by atoms with van der Waals surface area (Å²) in [4.78, 5) is 6.52. The number of hydrogen-bond donors (Lipinski definition) is 0. The Labute approximate surface area is 173 Å². The quantitative estimate of drug-likeness (QED) is 0.380. The van der Waals surface area contributed by atoms with Gasteiger partial charge in [0.2, 0.25) is 5.06 Å². The van der Waals surface area contributed by atoms with Crippen molar-refractivity contribution in [3.05, 3.63) is 58.9 Å². The van der Waals surface area contributed by atoms with E-state index in [1.54, 1.807) is 18.5 Å². The number of aromatic nitrogens is 1. The normalized spacial score (nSPS) is 10.9. The molecule has 5 nitrogen and oxygen atoms in total. The van der Waals surface area contributed by atoms with E-state index in [1.165, 1.54) is 12.1 Å². The Hall–Kier alpha value is -3.24. The van der Waals surface area contributed by atoms with Gasteiger partial charge in [-0.15, -0.1) is 0 Å². The molecule has 0 atom stereocenters. The lowest BCUT2D eigenvalue weighted by molar-refractivity contribution is 0.491. The lowest BCUT2D eigenvalue weighted by atomic mass is 10.1. The van der Waals surface area contributed by atoms with Crippen molar-refractivity contribution in [1.29, 1.82) is 5.26 Å². The first-order valence-electron chi connectivity index (χ1n) is 9.12. The van der Waals surface area contributed by atoms with Gasteiger partial charge in [-0.3, -0.25) is 0 Å². The van der Waals surface area contributed by atoms with Gasteiger partial charge in [0.15, 0.2) is 0 Å². The second-order valence-electron chi connectivity index (χ2n) is 6.64. The number of hydrogen-bond acceptors (Lipinski definition) is 5. The second kappa shape index (κ2) is 8.84. The van der Waals surface area contributed by atoms with Crippen LogP contribution >= 0.6 is 11.5 Å². The Kier molecular flexibility index (Phi) is 6.25. The number of aryl methyl sites for hydroxylation is 2. The number of nitrogens with zero attached hydrogens (tertiary/aromatic N) is 4. The van der Waals surface area contributed by atoms with Crippen LogP contribution in [0.4, 0.5) is 10.1 Å². The molecule has 0 amide bonds. The Morgan fingerprint density at radius 1 is 1.24 bits per heavy atom. The molecular weight excluding hydrogens is 387 g/mol. The maximum absolute atomic E-state index is 13.2. The molecule has 0 radical (unpaired) electrons. The number of nitriles is 1. The number of halogens is 1. The SMILES string of the molecule is CCN(C)/C=N\c1cc(C)c(Oc2snc(-c3ccc(F)cc3)c2C#N)cc1C. The highest BCUT2D eigenvalue weighted by Crippen LogP contribution is 2.38. The standard InChI is InChI=1S/C22H21FN4OS/c1-5-27(4)13-25-19-10-15(3)20(11-14(19)2)28-22-18(12-24)21(26-29-22)16-6-8-17(23)9-7-16/h6-11,13H,5H2,1-4H3/b25-13-. The molecule has 0 bridgehead atoms. The van der Waals surface area contributed by atoms with Crippen molar-refractivity contribution in [2.24, 2.45) is 4.99 Å². The molecule has 0 saturated heterocycles. The van der Waals surface area contributed by atoms with Gasteiger partial charge in [0.05, 0.1) is 12.0 Å². The van der Waals surface area contributed by atoms with Gasteiger partial charge in [0.25, 0.3) is 0 Å². The summed E-state index contributed by atoms with van der Waals surface area (Å²) in [6, 6.07) is 11.9. The summed E-state index contributed by atoms with van der Waals surface area (Å²) >= 11 is 1.11. The van der Waals surface area contributed by atoms with Crippen molar-refractivity contribution in [2.45, 2.75) is 20.8 Å². The van der Waals surface area contributed by atoms with Crippen LogP contribution in [-0.2, 0) is 0 Å². The Morgan fingerprint density at radius 3 is 2.62 bits per heavy atom. The lowest BCUT2D eigenvalue weighted by Crippen LogP contribution is -2.14. The van der Waals surface area contributed by atoms with E-state index in [0.717, 1.165) is 34.9 Å². The molecular formula is C22H21FN4OS. The smallest absolute Gasteiger partial charge is 0.218 e. The molecule has 7 heteroatoms. The third-order valence-corrected chi connectivity index (χ3v) is 5.21. The average Bonchev–Trinajstić information content (AvgIpc) is 3.12. The summed E-state index contributed by atoms with van der Waals surface area (Å²) in [5, 5.41) is 10.0. The highest BCUT2D eigenvalue weighted by atomic mass is 32.1. The molecule has 0 N–H and O–H groups in total. The van der Waals surface area contributed by atoms with E-state index in [1.807, 2.05) is 37.9 Å². The van der Waals surface area contributed by atoms with Gasteiger partial charge in [-0.1, -0.05) is 0 Å². The van der Waals surface area contributed by atoms with E-state index >= 15 is 0 Å². The number of rotatable bonds is 6. The highest BCUT2D eigenvalue weighted by Gasteiger charge is 2.18. The second-order valence-corrected chi connectivity index (χ2v) is 7.37. The minimum Gasteiger partial charge on any atom is -0.443 e. The predicted octanol–water partition coefficient (Wildman–Crippen LogP) is 5.84. The van der Waals surface area contributed by atoms with Gasteiger partial charge in [0, 0.05) is 30.7 Å². The molecule has 0 saturated carbocycles. The van der Waals surface area contributed by atoms with Crippen LogP contribution in [0.2, 0.25) is 0 Å². The fraction of sp³-hybridized carbons (Fsp3) is 0.227. The van der Waals surface area contributed by atoms with E-state index < -0.39 is 0 Å².